The molecule has 4 fully saturated rings. The van der Waals surface area contributed by atoms with Crippen LogP contribution < -0.4 is 0 Å². The molecule has 4 N–H and O–H groups in total. The molecule has 8 rings (SSSR count). The summed E-state index contributed by atoms with van der Waals surface area (Å²) in [5.74, 6) is 11.1. The summed E-state index contributed by atoms with van der Waals surface area (Å²) in [6.07, 6.45) is 54.4. The van der Waals surface area contributed by atoms with Crippen molar-refractivity contribution in [2.45, 2.75) is 258 Å². The first-order chi connectivity index (χ1) is 30.4. The van der Waals surface area contributed by atoms with E-state index in [-0.39, 0.29) is 5.60 Å². The monoisotopic (exact) mass is 889 g/mol. The van der Waals surface area contributed by atoms with E-state index < -0.39 is 16.8 Å². The first kappa shape index (κ1) is 53.8. The topological polar surface area (TPSA) is 80.9 Å². The summed E-state index contributed by atoms with van der Waals surface area (Å²) >= 11 is 0. The normalized spacial score (nSPS) is 33.3. The zero-order chi connectivity index (χ0) is 46.4. The minimum Gasteiger partial charge on any atom is -0.390 e. The molecule has 0 amide bonds. The summed E-state index contributed by atoms with van der Waals surface area (Å²) in [6, 6.07) is 0. The van der Waals surface area contributed by atoms with Gasteiger partial charge < -0.3 is 20.4 Å². The molecule has 8 aliphatic carbocycles. The van der Waals surface area contributed by atoms with Crippen molar-refractivity contribution in [2.24, 2.45) is 71.0 Å². The standard InChI is InChI=1S/C16H28O.2C15H26O.C14H24O/c1-3-16(17,4-2)10-6-5-7-14-11-13-8-9-15(14)12-13;1-15(2,16)9-5-3-4-6-13-10-12-7-8-14(13)11-12;1-3-15(2,16)9-5-4-6-13-10-12-7-8-14(13)11-12;1-14(2,15)8-4-3-5-12-9-11-6-7-13(12)10-11/h8-9,13-15,17H,3-7,10-12H2,1-2H3;2*7-8,12-14,16H,3-6,9-11H2,1-2H3;6-7,11-13,15H,3-5,8-10H2,1-2H3. The van der Waals surface area contributed by atoms with E-state index in [0.29, 0.717) is 0 Å². The fourth-order valence-electron chi connectivity index (χ4n) is 13.6. The van der Waals surface area contributed by atoms with Gasteiger partial charge in [-0.3, -0.25) is 0 Å². The van der Waals surface area contributed by atoms with E-state index in [1.165, 1.54) is 135 Å². The van der Waals surface area contributed by atoms with Crippen LogP contribution in [-0.4, -0.2) is 42.8 Å². The summed E-state index contributed by atoms with van der Waals surface area (Å²) in [7, 11) is 0. The van der Waals surface area contributed by atoms with Gasteiger partial charge in [-0.2, -0.15) is 0 Å². The highest BCUT2D eigenvalue weighted by atomic mass is 16.3. The third kappa shape index (κ3) is 18.4. The second-order valence-electron chi connectivity index (χ2n) is 24.9. The Morgan fingerprint density at radius 2 is 0.641 bits per heavy atom. The minimum atomic E-state index is -0.464. The van der Waals surface area contributed by atoms with Crippen LogP contribution in [0.4, 0.5) is 0 Å². The molecular weight excluding hydrogens is 785 g/mol. The molecule has 368 valence electrons. The Hall–Kier alpha value is -1.20. The van der Waals surface area contributed by atoms with E-state index >= 15 is 0 Å². The van der Waals surface area contributed by atoms with Crippen LogP contribution in [0.15, 0.2) is 48.6 Å². The number of allylic oxidation sites excluding steroid dienone is 8. The Balaban J connectivity index is 0.000000161. The third-order valence-electron chi connectivity index (χ3n) is 18.2. The molecule has 0 aliphatic heterocycles. The van der Waals surface area contributed by atoms with E-state index in [9.17, 15) is 20.4 Å². The second kappa shape index (κ2) is 25.4. The zero-order valence-electron chi connectivity index (χ0n) is 43.1. The van der Waals surface area contributed by atoms with Gasteiger partial charge in [-0.15, -0.1) is 0 Å². The summed E-state index contributed by atoms with van der Waals surface area (Å²) in [5, 5.41) is 39.3. The van der Waals surface area contributed by atoms with Crippen LogP contribution in [0.25, 0.3) is 0 Å². The Morgan fingerprint density at radius 1 is 0.344 bits per heavy atom. The van der Waals surface area contributed by atoms with Crippen LogP contribution in [0.2, 0.25) is 0 Å². The van der Waals surface area contributed by atoms with E-state index in [0.717, 1.165) is 116 Å². The highest BCUT2D eigenvalue weighted by molar-refractivity contribution is 5.12. The van der Waals surface area contributed by atoms with E-state index in [2.05, 4.69) is 69.4 Å². The van der Waals surface area contributed by atoms with Crippen molar-refractivity contribution in [3.05, 3.63) is 48.6 Å². The van der Waals surface area contributed by atoms with Crippen LogP contribution in [0.5, 0.6) is 0 Å². The number of hydrogen-bond acceptors (Lipinski definition) is 4. The fraction of sp³-hybridized carbons (Fsp3) is 0.867. The Labute approximate surface area is 396 Å². The molecular formula is C60H104O4. The van der Waals surface area contributed by atoms with Gasteiger partial charge in [0, 0.05) is 0 Å². The van der Waals surface area contributed by atoms with Crippen molar-refractivity contribution in [1.82, 2.24) is 0 Å². The van der Waals surface area contributed by atoms with E-state index in [4.69, 9.17) is 0 Å². The summed E-state index contributed by atoms with van der Waals surface area (Å²) in [5.41, 5.74) is -1.73. The zero-order valence-corrected chi connectivity index (χ0v) is 43.1. The van der Waals surface area contributed by atoms with Gasteiger partial charge in [-0.25, -0.2) is 0 Å². The van der Waals surface area contributed by atoms with E-state index in [1.54, 1.807) is 0 Å². The lowest BCUT2D eigenvalue weighted by Gasteiger charge is -2.25. The molecule has 0 radical (unpaired) electrons. The maximum atomic E-state index is 10.2. The fourth-order valence-corrected chi connectivity index (χ4v) is 13.6. The number of aliphatic hydroxyl groups is 4. The van der Waals surface area contributed by atoms with Gasteiger partial charge in [0.15, 0.2) is 0 Å². The molecule has 13 atom stereocenters. The van der Waals surface area contributed by atoms with Crippen LogP contribution in [0, 0.1) is 71.0 Å². The first-order valence-corrected chi connectivity index (χ1v) is 28.0. The van der Waals surface area contributed by atoms with Gasteiger partial charge in [-0.1, -0.05) is 127 Å². The molecule has 0 saturated heterocycles. The van der Waals surface area contributed by atoms with Gasteiger partial charge in [0.1, 0.15) is 0 Å². The molecule has 64 heavy (non-hydrogen) atoms. The summed E-state index contributed by atoms with van der Waals surface area (Å²) in [4.78, 5) is 0. The third-order valence-corrected chi connectivity index (χ3v) is 18.2. The van der Waals surface area contributed by atoms with Gasteiger partial charge in [0.05, 0.1) is 22.4 Å². The average molecular weight is 889 g/mol. The second-order valence-corrected chi connectivity index (χ2v) is 24.9. The van der Waals surface area contributed by atoms with Gasteiger partial charge in [0.25, 0.3) is 0 Å². The maximum absolute atomic E-state index is 10.2. The smallest absolute Gasteiger partial charge is 0.0642 e. The van der Waals surface area contributed by atoms with Gasteiger partial charge in [-0.05, 0) is 228 Å². The predicted octanol–water partition coefficient (Wildman–Crippen LogP) is 15.7. The van der Waals surface area contributed by atoms with E-state index in [1.807, 2.05) is 34.6 Å². The molecule has 8 bridgehead atoms. The minimum absolute atomic E-state index is 0.380. The quantitative estimate of drug-likeness (QED) is 0.0575. The van der Waals surface area contributed by atoms with Crippen LogP contribution in [0.1, 0.15) is 235 Å². The van der Waals surface area contributed by atoms with Gasteiger partial charge >= 0.3 is 0 Å². The molecule has 0 aromatic carbocycles. The van der Waals surface area contributed by atoms with Crippen LogP contribution in [0.3, 0.4) is 0 Å². The van der Waals surface area contributed by atoms with Gasteiger partial charge in [0.2, 0.25) is 0 Å². The summed E-state index contributed by atoms with van der Waals surface area (Å²) in [6.45, 7) is 15.9. The molecule has 4 heteroatoms. The molecule has 4 saturated carbocycles. The number of fused-ring (bicyclic) bond motifs is 8. The highest BCUT2D eigenvalue weighted by Gasteiger charge is 2.38. The predicted molar refractivity (Wildman–Crippen MR) is 273 cm³/mol. The van der Waals surface area contributed by atoms with Crippen molar-refractivity contribution in [3.8, 4) is 0 Å². The number of hydrogen-bond donors (Lipinski definition) is 4. The number of rotatable bonds is 24. The van der Waals surface area contributed by atoms with Crippen molar-refractivity contribution in [1.29, 1.82) is 0 Å². The molecule has 0 aromatic heterocycles. The first-order valence-electron chi connectivity index (χ1n) is 28.0. The lowest BCUT2D eigenvalue weighted by atomic mass is 9.86. The molecule has 0 heterocycles. The lowest BCUT2D eigenvalue weighted by molar-refractivity contribution is 0.0208. The molecule has 4 nitrogen and oxygen atoms in total. The SMILES string of the molecule is CC(C)(O)CCCCC1CC2C=CC1C2.CC(C)(O)CCCCCC1CC2C=CC1C2.CCC(C)(O)CCCCC1CC2C=CC1C2.CCC(O)(CC)CCCCC1CC2C=CC1C2. The highest BCUT2D eigenvalue weighted by Crippen LogP contribution is 2.48. The largest absolute Gasteiger partial charge is 0.390 e. The van der Waals surface area contributed by atoms with Crippen molar-refractivity contribution >= 4 is 0 Å². The maximum Gasteiger partial charge on any atom is 0.0642 e. The molecule has 8 aliphatic rings. The number of unbranched alkanes of at least 4 members (excludes halogenated alkanes) is 5. The van der Waals surface area contributed by atoms with Crippen LogP contribution >= 0.6 is 0 Å². The summed E-state index contributed by atoms with van der Waals surface area (Å²) < 4.78 is 0. The molecule has 0 aromatic rings. The van der Waals surface area contributed by atoms with Crippen molar-refractivity contribution in [2.75, 3.05) is 0 Å². The van der Waals surface area contributed by atoms with Crippen molar-refractivity contribution in [3.63, 3.8) is 0 Å². The Bertz CT molecular complexity index is 1440. The molecule has 13 unspecified atom stereocenters. The Morgan fingerprint density at radius 3 is 0.906 bits per heavy atom. The van der Waals surface area contributed by atoms with Crippen molar-refractivity contribution < 1.29 is 20.4 Å². The lowest BCUT2D eigenvalue weighted by Crippen LogP contribution is -2.26. The Kier molecular flexibility index (Phi) is 21.3. The molecule has 0 spiro atoms. The van der Waals surface area contributed by atoms with Crippen LogP contribution in [-0.2, 0) is 0 Å². The average Bonchev–Trinajstić information content (AvgIpc) is 4.13.